The van der Waals surface area contributed by atoms with Crippen molar-refractivity contribution in [1.82, 2.24) is 9.55 Å². The minimum atomic E-state index is -3.31. The molecule has 1 fully saturated rings. The maximum atomic E-state index is 13.1. The summed E-state index contributed by atoms with van der Waals surface area (Å²) in [5.41, 5.74) is -6.76. The van der Waals surface area contributed by atoms with Gasteiger partial charge in [0.05, 0.1) is 6.61 Å². The Morgan fingerprint density at radius 1 is 1.52 bits per heavy atom. The van der Waals surface area contributed by atoms with Crippen LogP contribution in [-0.4, -0.2) is 55.2 Å². The van der Waals surface area contributed by atoms with Gasteiger partial charge in [0.15, 0.2) is 11.8 Å². The predicted molar refractivity (Wildman–Crippen MR) is 63.9 cm³/mol. The number of hydrogen-bond donors (Lipinski definition) is 4. The Balaban J connectivity index is 2.55. The first-order valence-corrected chi connectivity index (χ1v) is 5.95. The molecule has 0 amide bonds. The van der Waals surface area contributed by atoms with Gasteiger partial charge in [0.1, 0.15) is 11.7 Å². The molecule has 1 aromatic rings. The summed E-state index contributed by atoms with van der Waals surface area (Å²) < 4.78 is 31.9. The van der Waals surface area contributed by atoms with Crippen LogP contribution in [0.15, 0.2) is 21.9 Å². The quantitative estimate of drug-likeness (QED) is 0.521. The van der Waals surface area contributed by atoms with Crippen molar-refractivity contribution in [3.05, 3.63) is 33.1 Å². The molecular weight excluding hydrogens is 294 g/mol. The highest BCUT2D eigenvalue weighted by molar-refractivity contribution is 5.09. The lowest BCUT2D eigenvalue weighted by Gasteiger charge is -2.30. The Labute approximate surface area is 116 Å². The number of halogens is 2. The summed E-state index contributed by atoms with van der Waals surface area (Å²) in [5, 5.41) is 29.3. The number of aliphatic hydroxyl groups is 3. The van der Waals surface area contributed by atoms with Crippen LogP contribution in [-0.2, 0) is 4.74 Å². The normalized spacial score (nSPS) is 36.3. The topological polar surface area (TPSA) is 125 Å². The van der Waals surface area contributed by atoms with Crippen LogP contribution in [0.2, 0.25) is 0 Å². The number of nitrogens with zero attached hydrogens (tertiary/aromatic N) is 1. The van der Waals surface area contributed by atoms with E-state index in [-0.39, 0.29) is 0 Å². The van der Waals surface area contributed by atoms with Crippen molar-refractivity contribution in [3.8, 4) is 0 Å². The van der Waals surface area contributed by atoms with E-state index in [4.69, 9.17) is 9.84 Å². The summed E-state index contributed by atoms with van der Waals surface area (Å²) in [6, 6.07) is 0.925. The average Bonchev–Trinajstić information content (AvgIpc) is 2.60. The van der Waals surface area contributed by atoms with Gasteiger partial charge in [0.2, 0.25) is 0 Å². The molecule has 1 aliphatic heterocycles. The number of aliphatic hydroxyl groups excluding tert-OH is 2. The second-order valence-corrected chi connectivity index (χ2v) is 5.03. The van der Waals surface area contributed by atoms with Crippen molar-refractivity contribution in [2.45, 2.75) is 36.9 Å². The maximum Gasteiger partial charge on any atom is 0.330 e. The molecule has 1 aromatic heterocycles. The van der Waals surface area contributed by atoms with Gasteiger partial charge in [0, 0.05) is 12.3 Å². The fraction of sp³-hybridized carbons (Fsp3) is 0.636. The van der Waals surface area contributed by atoms with E-state index >= 15 is 0 Å². The van der Waals surface area contributed by atoms with Crippen LogP contribution in [0.3, 0.4) is 0 Å². The SMILES string of the molecule is C[C@@]1(O)C(O)[C@](CO)(C(F)F)O[C@H]1n1ccc(=O)[nH]c1=O. The minimum absolute atomic E-state index is 0.657. The Hall–Kier alpha value is -1.62. The summed E-state index contributed by atoms with van der Waals surface area (Å²) in [5.74, 6) is 0. The minimum Gasteiger partial charge on any atom is -0.393 e. The zero-order valence-corrected chi connectivity index (χ0v) is 10.9. The molecule has 21 heavy (non-hydrogen) atoms. The van der Waals surface area contributed by atoms with Crippen LogP contribution in [0.25, 0.3) is 0 Å². The molecule has 4 atom stereocenters. The third-order valence-electron chi connectivity index (χ3n) is 3.57. The molecular formula is C11H14F2N2O6. The van der Waals surface area contributed by atoms with Gasteiger partial charge in [-0.3, -0.25) is 14.3 Å². The van der Waals surface area contributed by atoms with Crippen LogP contribution in [0.1, 0.15) is 13.2 Å². The highest BCUT2D eigenvalue weighted by Crippen LogP contribution is 2.46. The van der Waals surface area contributed by atoms with E-state index in [0.717, 1.165) is 19.2 Å². The molecule has 0 bridgehead atoms. The van der Waals surface area contributed by atoms with E-state index in [0.29, 0.717) is 4.57 Å². The molecule has 2 heterocycles. The van der Waals surface area contributed by atoms with Crippen molar-refractivity contribution in [3.63, 3.8) is 0 Å². The third-order valence-corrected chi connectivity index (χ3v) is 3.57. The molecule has 1 aliphatic rings. The first-order chi connectivity index (χ1) is 9.66. The second kappa shape index (κ2) is 4.98. The van der Waals surface area contributed by atoms with Gasteiger partial charge >= 0.3 is 5.69 Å². The molecule has 8 nitrogen and oxygen atoms in total. The molecule has 4 N–H and O–H groups in total. The van der Waals surface area contributed by atoms with E-state index in [1.807, 2.05) is 4.98 Å². The van der Waals surface area contributed by atoms with Crippen LogP contribution >= 0.6 is 0 Å². The fourth-order valence-corrected chi connectivity index (χ4v) is 2.34. The van der Waals surface area contributed by atoms with Crippen LogP contribution in [0.5, 0.6) is 0 Å². The maximum absolute atomic E-state index is 13.1. The Morgan fingerprint density at radius 2 is 2.14 bits per heavy atom. The van der Waals surface area contributed by atoms with Crippen molar-refractivity contribution in [1.29, 1.82) is 0 Å². The molecule has 0 spiro atoms. The standard InChI is InChI=1S/C11H14F2N2O6/c1-10(20)6(18)11(4-16,7(12)13)21-8(10)15-3-2-5(17)14-9(15)19/h2-3,6-8,16,18,20H,4H2,1H3,(H,14,17,19)/t6?,8-,10-,11-/m1/s1. The molecule has 10 heteroatoms. The highest BCUT2D eigenvalue weighted by atomic mass is 19.3. The number of aromatic amines is 1. The number of nitrogens with one attached hydrogen (secondary N) is 1. The molecule has 1 saturated heterocycles. The van der Waals surface area contributed by atoms with Crippen molar-refractivity contribution in [2.24, 2.45) is 0 Å². The largest absolute Gasteiger partial charge is 0.393 e. The Kier molecular flexibility index (Phi) is 3.74. The summed E-state index contributed by atoms with van der Waals surface area (Å²) in [6.07, 6.45) is -6.24. The van der Waals surface area contributed by atoms with Crippen LogP contribution in [0.4, 0.5) is 8.78 Å². The molecule has 0 aliphatic carbocycles. The number of aromatic nitrogens is 2. The van der Waals surface area contributed by atoms with E-state index < -0.39 is 47.8 Å². The number of alkyl halides is 2. The Morgan fingerprint density at radius 3 is 2.57 bits per heavy atom. The summed E-state index contributed by atoms with van der Waals surface area (Å²) >= 11 is 0. The van der Waals surface area contributed by atoms with E-state index in [9.17, 15) is 28.6 Å². The average molecular weight is 308 g/mol. The lowest BCUT2D eigenvalue weighted by atomic mass is 9.88. The number of H-pyrrole nitrogens is 1. The Bertz CT molecular complexity index is 642. The summed E-state index contributed by atoms with van der Waals surface area (Å²) in [4.78, 5) is 24.5. The molecule has 0 radical (unpaired) electrons. The predicted octanol–water partition coefficient (Wildman–Crippen LogP) is -1.83. The van der Waals surface area contributed by atoms with E-state index in [1.54, 1.807) is 0 Å². The summed E-state index contributed by atoms with van der Waals surface area (Å²) in [6.45, 7) is -0.281. The van der Waals surface area contributed by atoms with Crippen molar-refractivity contribution < 1.29 is 28.8 Å². The molecule has 1 unspecified atom stereocenters. The van der Waals surface area contributed by atoms with E-state index in [1.165, 1.54) is 0 Å². The van der Waals surface area contributed by atoms with Gasteiger partial charge in [-0.25, -0.2) is 13.6 Å². The van der Waals surface area contributed by atoms with Crippen LogP contribution in [0, 0.1) is 0 Å². The van der Waals surface area contributed by atoms with Crippen molar-refractivity contribution in [2.75, 3.05) is 6.61 Å². The first-order valence-electron chi connectivity index (χ1n) is 5.95. The monoisotopic (exact) mass is 308 g/mol. The van der Waals surface area contributed by atoms with Gasteiger partial charge in [-0.2, -0.15) is 0 Å². The number of hydrogen-bond acceptors (Lipinski definition) is 6. The van der Waals surface area contributed by atoms with E-state index in [2.05, 4.69) is 0 Å². The molecule has 0 saturated carbocycles. The van der Waals surface area contributed by atoms with Gasteiger partial charge in [-0.05, 0) is 6.92 Å². The lowest BCUT2D eigenvalue weighted by molar-refractivity contribution is -0.195. The van der Waals surface area contributed by atoms with Gasteiger partial charge < -0.3 is 20.1 Å². The zero-order chi connectivity index (χ0) is 16.0. The van der Waals surface area contributed by atoms with Gasteiger partial charge in [-0.15, -0.1) is 0 Å². The molecule has 2 rings (SSSR count). The van der Waals surface area contributed by atoms with Gasteiger partial charge in [0.25, 0.3) is 12.0 Å². The fourth-order valence-electron chi connectivity index (χ4n) is 2.34. The molecule has 118 valence electrons. The lowest BCUT2D eigenvalue weighted by Crippen LogP contribution is -2.55. The van der Waals surface area contributed by atoms with Crippen LogP contribution < -0.4 is 11.2 Å². The third kappa shape index (κ3) is 2.20. The first kappa shape index (κ1) is 15.8. The molecule has 0 aromatic carbocycles. The smallest absolute Gasteiger partial charge is 0.330 e. The summed E-state index contributed by atoms with van der Waals surface area (Å²) in [7, 11) is 0. The van der Waals surface area contributed by atoms with Crippen molar-refractivity contribution >= 4 is 0 Å². The van der Waals surface area contributed by atoms with Gasteiger partial charge in [-0.1, -0.05) is 0 Å². The zero-order valence-electron chi connectivity index (χ0n) is 10.9. The highest BCUT2D eigenvalue weighted by Gasteiger charge is 2.65. The number of ether oxygens (including phenoxy) is 1. The number of rotatable bonds is 3. The second-order valence-electron chi connectivity index (χ2n) is 5.03.